The number of aryl methyl sites for hydroxylation is 1. The minimum absolute atomic E-state index is 0.107. The first-order valence-corrected chi connectivity index (χ1v) is 5.80. The summed E-state index contributed by atoms with van der Waals surface area (Å²) in [5.74, 6) is -1.81. The molecule has 1 aromatic carbocycles. The van der Waals surface area contributed by atoms with E-state index in [1.54, 1.807) is 0 Å². The van der Waals surface area contributed by atoms with Gasteiger partial charge in [-0.1, -0.05) is 17.3 Å². The minimum Gasteiger partial charge on any atom is -0.330 e. The summed E-state index contributed by atoms with van der Waals surface area (Å²) >= 11 is 0. The molecule has 10 heteroatoms. The fourth-order valence-electron chi connectivity index (χ4n) is 1.76. The van der Waals surface area contributed by atoms with E-state index in [9.17, 15) is 28.1 Å². The number of carbonyl (C=O) groups excluding carboxylic acids is 1. The Morgan fingerprint density at radius 2 is 2.00 bits per heavy atom. The highest BCUT2D eigenvalue weighted by Crippen LogP contribution is 2.33. The average molecular weight is 315 g/mol. The Hall–Kier alpha value is -2.91. The van der Waals surface area contributed by atoms with Crippen LogP contribution in [0.15, 0.2) is 28.8 Å². The van der Waals surface area contributed by atoms with Gasteiger partial charge in [-0.05, 0) is 19.1 Å². The average Bonchev–Trinajstić information content (AvgIpc) is 2.78. The molecule has 0 atom stereocenters. The van der Waals surface area contributed by atoms with Crippen LogP contribution in [0, 0.1) is 17.0 Å². The Bertz CT molecular complexity index is 739. The Kier molecular flexibility index (Phi) is 3.85. The van der Waals surface area contributed by atoms with Crippen LogP contribution in [0.3, 0.4) is 0 Å². The van der Waals surface area contributed by atoms with Crippen molar-refractivity contribution in [2.75, 3.05) is 5.32 Å². The number of nitrogens with zero attached hydrogens (tertiary/aromatic N) is 2. The highest BCUT2D eigenvalue weighted by atomic mass is 19.4. The van der Waals surface area contributed by atoms with Gasteiger partial charge < -0.3 is 4.52 Å². The highest BCUT2D eigenvalue weighted by molar-refractivity contribution is 6.05. The molecule has 0 saturated heterocycles. The highest BCUT2D eigenvalue weighted by Gasteiger charge is 2.35. The molecule has 22 heavy (non-hydrogen) atoms. The monoisotopic (exact) mass is 315 g/mol. The third-order valence-electron chi connectivity index (χ3n) is 2.72. The van der Waals surface area contributed by atoms with E-state index in [0.717, 1.165) is 18.2 Å². The number of alkyl halides is 3. The van der Waals surface area contributed by atoms with Crippen molar-refractivity contribution in [3.8, 4) is 0 Å². The molecule has 0 spiro atoms. The first-order chi connectivity index (χ1) is 10.2. The Labute approximate surface area is 120 Å². The fraction of sp³-hybridized carbons (Fsp3) is 0.167. The van der Waals surface area contributed by atoms with Gasteiger partial charge in [0.2, 0.25) is 0 Å². The van der Waals surface area contributed by atoms with E-state index in [2.05, 4.69) is 9.68 Å². The Balaban J connectivity index is 2.38. The quantitative estimate of drug-likeness (QED) is 0.693. The van der Waals surface area contributed by atoms with E-state index >= 15 is 0 Å². The Morgan fingerprint density at radius 3 is 2.59 bits per heavy atom. The van der Waals surface area contributed by atoms with E-state index in [0.29, 0.717) is 0 Å². The van der Waals surface area contributed by atoms with Crippen LogP contribution in [0.5, 0.6) is 0 Å². The fourth-order valence-corrected chi connectivity index (χ4v) is 1.76. The number of rotatable bonds is 3. The van der Waals surface area contributed by atoms with E-state index in [4.69, 9.17) is 0 Å². The van der Waals surface area contributed by atoms with Crippen LogP contribution < -0.4 is 5.32 Å². The number of carbonyl (C=O) groups is 1. The second-order valence-electron chi connectivity index (χ2n) is 4.20. The largest absolute Gasteiger partial charge is 0.417 e. The van der Waals surface area contributed by atoms with E-state index < -0.39 is 39.7 Å². The molecule has 116 valence electrons. The summed E-state index contributed by atoms with van der Waals surface area (Å²) in [7, 11) is 0. The van der Waals surface area contributed by atoms with Crippen molar-refractivity contribution in [3.05, 3.63) is 51.2 Å². The van der Waals surface area contributed by atoms with Gasteiger partial charge in [0.15, 0.2) is 5.69 Å². The molecule has 2 aromatic rings. The summed E-state index contributed by atoms with van der Waals surface area (Å²) in [6.45, 7) is 1.26. The van der Waals surface area contributed by atoms with Crippen LogP contribution in [0.2, 0.25) is 0 Å². The van der Waals surface area contributed by atoms with Gasteiger partial charge in [0, 0.05) is 0 Å². The van der Waals surface area contributed by atoms with E-state index in [-0.39, 0.29) is 5.69 Å². The number of hydrogen-bond acceptors (Lipinski definition) is 5. The lowest BCUT2D eigenvalue weighted by atomic mass is 10.1. The molecule has 0 radical (unpaired) electrons. The molecule has 7 nitrogen and oxygen atoms in total. The number of benzene rings is 1. The van der Waals surface area contributed by atoms with E-state index in [1.807, 2.05) is 5.32 Å². The molecule has 0 aliphatic carbocycles. The SMILES string of the molecule is Cc1noc(NC(=O)c2ccccc2C(F)(F)F)c1[N+](=O)[O-]. The third-order valence-corrected chi connectivity index (χ3v) is 2.72. The summed E-state index contributed by atoms with van der Waals surface area (Å²) in [6.07, 6.45) is -4.74. The predicted molar refractivity (Wildman–Crippen MR) is 67.3 cm³/mol. The number of aromatic nitrogens is 1. The lowest BCUT2D eigenvalue weighted by Gasteiger charge is -2.11. The van der Waals surface area contributed by atoms with Gasteiger partial charge in [0.25, 0.3) is 5.91 Å². The molecule has 1 N–H and O–H groups in total. The van der Waals surface area contributed by atoms with Crippen molar-refractivity contribution < 1.29 is 27.4 Å². The number of amides is 1. The predicted octanol–water partition coefficient (Wildman–Crippen LogP) is 3.16. The maximum absolute atomic E-state index is 12.8. The van der Waals surface area contributed by atoms with Gasteiger partial charge in [-0.15, -0.1) is 0 Å². The summed E-state index contributed by atoms with van der Waals surface area (Å²) in [5, 5.41) is 16.1. The maximum Gasteiger partial charge on any atom is 0.417 e. The van der Waals surface area contributed by atoms with Crippen molar-refractivity contribution in [3.63, 3.8) is 0 Å². The lowest BCUT2D eigenvalue weighted by molar-refractivity contribution is -0.384. The molecule has 0 unspecified atom stereocenters. The van der Waals surface area contributed by atoms with E-state index in [1.165, 1.54) is 13.0 Å². The van der Waals surface area contributed by atoms with Crippen molar-refractivity contribution >= 4 is 17.5 Å². The summed E-state index contributed by atoms with van der Waals surface area (Å²) in [6, 6.07) is 4.05. The van der Waals surface area contributed by atoms with Crippen LogP contribution in [-0.4, -0.2) is 16.0 Å². The van der Waals surface area contributed by atoms with Gasteiger partial charge in [-0.2, -0.15) is 13.2 Å². The van der Waals surface area contributed by atoms with Gasteiger partial charge in [-0.3, -0.25) is 20.2 Å². The van der Waals surface area contributed by atoms with Crippen LogP contribution in [0.25, 0.3) is 0 Å². The Morgan fingerprint density at radius 1 is 1.36 bits per heavy atom. The standard InChI is InChI=1S/C12H8F3N3O4/c1-6-9(18(20)21)11(22-17-6)16-10(19)7-4-2-3-5-8(7)12(13,14)15/h2-5H,1H3,(H,16,19). The zero-order valence-corrected chi connectivity index (χ0v) is 11.0. The molecule has 0 aliphatic rings. The number of hydrogen-bond donors (Lipinski definition) is 1. The van der Waals surface area contributed by atoms with Crippen molar-refractivity contribution in [1.82, 2.24) is 5.16 Å². The normalized spacial score (nSPS) is 11.3. The molecule has 0 bridgehead atoms. The molecule has 1 amide bonds. The van der Waals surface area contributed by atoms with Gasteiger partial charge in [-0.25, -0.2) is 0 Å². The van der Waals surface area contributed by atoms with Crippen LogP contribution in [-0.2, 0) is 6.18 Å². The molecular formula is C12H8F3N3O4. The molecule has 2 rings (SSSR count). The van der Waals surface area contributed by atoms with Gasteiger partial charge >= 0.3 is 17.7 Å². The van der Waals surface area contributed by atoms with Crippen LogP contribution in [0.4, 0.5) is 24.7 Å². The summed E-state index contributed by atoms with van der Waals surface area (Å²) < 4.78 is 43.1. The van der Waals surface area contributed by atoms with Gasteiger partial charge in [0.05, 0.1) is 16.1 Å². The summed E-state index contributed by atoms with van der Waals surface area (Å²) in [4.78, 5) is 21.9. The van der Waals surface area contributed by atoms with Crippen molar-refractivity contribution in [2.45, 2.75) is 13.1 Å². The van der Waals surface area contributed by atoms with Crippen molar-refractivity contribution in [2.24, 2.45) is 0 Å². The smallest absolute Gasteiger partial charge is 0.330 e. The maximum atomic E-state index is 12.8. The minimum atomic E-state index is -4.74. The second kappa shape index (κ2) is 5.47. The molecule has 1 aromatic heterocycles. The molecule has 0 fully saturated rings. The molecule has 0 saturated carbocycles. The third kappa shape index (κ3) is 2.90. The molecule has 1 heterocycles. The zero-order chi connectivity index (χ0) is 16.5. The van der Waals surface area contributed by atoms with Gasteiger partial charge in [0.1, 0.15) is 0 Å². The zero-order valence-electron chi connectivity index (χ0n) is 11.0. The van der Waals surface area contributed by atoms with Crippen molar-refractivity contribution in [1.29, 1.82) is 0 Å². The number of nitro groups is 1. The second-order valence-corrected chi connectivity index (χ2v) is 4.20. The first kappa shape index (κ1) is 15.5. The number of nitrogens with one attached hydrogen (secondary N) is 1. The number of anilines is 1. The summed E-state index contributed by atoms with van der Waals surface area (Å²) in [5.41, 5.74) is -2.56. The molecular weight excluding hydrogens is 307 g/mol. The van der Waals surface area contributed by atoms with Crippen LogP contribution >= 0.6 is 0 Å². The first-order valence-electron chi connectivity index (χ1n) is 5.80. The number of halogens is 3. The lowest BCUT2D eigenvalue weighted by Crippen LogP contribution is -2.18. The topological polar surface area (TPSA) is 98.3 Å². The molecule has 0 aliphatic heterocycles. The van der Waals surface area contributed by atoms with Crippen LogP contribution in [0.1, 0.15) is 21.6 Å².